The Balaban J connectivity index is 2.37. The summed E-state index contributed by atoms with van der Waals surface area (Å²) in [6.07, 6.45) is 3.22. The zero-order valence-corrected chi connectivity index (χ0v) is 9.39. The highest BCUT2D eigenvalue weighted by atomic mass is 79.9. The maximum atomic E-state index is 6.12. The summed E-state index contributed by atoms with van der Waals surface area (Å²) in [5, 5.41) is 0. The molecule has 0 spiro atoms. The van der Waals surface area contributed by atoms with E-state index in [0.717, 1.165) is 19.3 Å². The number of rotatable bonds is 0. The van der Waals surface area contributed by atoms with E-state index in [1.165, 1.54) is 15.6 Å². The highest BCUT2D eigenvalue weighted by molar-refractivity contribution is 9.10. The van der Waals surface area contributed by atoms with Gasteiger partial charge in [0.25, 0.3) is 0 Å². The minimum atomic E-state index is 0.000823. The second kappa shape index (κ2) is 3.10. The Kier molecular flexibility index (Phi) is 2.20. The van der Waals surface area contributed by atoms with Crippen LogP contribution in [0.15, 0.2) is 22.7 Å². The molecule has 70 valence electrons. The van der Waals surface area contributed by atoms with Gasteiger partial charge in [0, 0.05) is 10.0 Å². The van der Waals surface area contributed by atoms with Crippen LogP contribution in [-0.4, -0.2) is 5.54 Å². The van der Waals surface area contributed by atoms with Crippen LogP contribution >= 0.6 is 15.9 Å². The highest BCUT2D eigenvalue weighted by Crippen LogP contribution is 2.28. The van der Waals surface area contributed by atoms with Gasteiger partial charge < -0.3 is 5.73 Å². The molecule has 13 heavy (non-hydrogen) atoms. The molecule has 1 aliphatic rings. The predicted octanol–water partition coefficient (Wildman–Crippen LogP) is 2.66. The van der Waals surface area contributed by atoms with Crippen LogP contribution < -0.4 is 5.73 Å². The van der Waals surface area contributed by atoms with Gasteiger partial charge in [-0.05, 0) is 49.4 Å². The first-order valence-corrected chi connectivity index (χ1v) is 5.42. The fourth-order valence-corrected chi connectivity index (χ4v) is 2.35. The Morgan fingerprint density at radius 2 is 2.15 bits per heavy atom. The second-order valence-electron chi connectivity index (χ2n) is 4.24. The molecule has 2 heteroatoms. The van der Waals surface area contributed by atoms with E-state index in [0.29, 0.717) is 0 Å². The van der Waals surface area contributed by atoms with E-state index < -0.39 is 0 Å². The quantitative estimate of drug-likeness (QED) is 0.741. The molecule has 2 N–H and O–H groups in total. The Morgan fingerprint density at radius 3 is 2.92 bits per heavy atom. The van der Waals surface area contributed by atoms with Crippen molar-refractivity contribution in [2.24, 2.45) is 5.73 Å². The number of hydrogen-bond acceptors (Lipinski definition) is 1. The smallest absolute Gasteiger partial charge is 0.0178 e. The fraction of sp³-hybridized carbons (Fsp3) is 0.455. The van der Waals surface area contributed by atoms with Crippen molar-refractivity contribution in [3.63, 3.8) is 0 Å². The van der Waals surface area contributed by atoms with E-state index in [1.54, 1.807) is 0 Å². The molecule has 1 nitrogen and oxygen atoms in total. The summed E-state index contributed by atoms with van der Waals surface area (Å²) in [5.74, 6) is 0. The van der Waals surface area contributed by atoms with Crippen molar-refractivity contribution in [3.05, 3.63) is 33.8 Å². The van der Waals surface area contributed by atoms with Crippen LogP contribution in [0.25, 0.3) is 0 Å². The summed E-state index contributed by atoms with van der Waals surface area (Å²) in [6.45, 7) is 2.14. The first-order chi connectivity index (χ1) is 6.07. The third kappa shape index (κ3) is 1.94. The van der Waals surface area contributed by atoms with E-state index in [1.807, 2.05) is 0 Å². The van der Waals surface area contributed by atoms with Gasteiger partial charge in [0.05, 0.1) is 0 Å². The lowest BCUT2D eigenvalue weighted by Crippen LogP contribution is -2.41. The molecule has 1 unspecified atom stereocenters. The standard InChI is InChI=1S/C11H14BrN/c1-11(13)5-4-8-6-10(12)3-2-9(8)7-11/h2-3,6H,4-5,7,13H2,1H3. The normalized spacial score (nSPS) is 27.0. The molecular formula is C11H14BrN. The van der Waals surface area contributed by atoms with E-state index in [9.17, 15) is 0 Å². The van der Waals surface area contributed by atoms with Crippen LogP contribution in [-0.2, 0) is 12.8 Å². The summed E-state index contributed by atoms with van der Waals surface area (Å²) in [5.41, 5.74) is 8.99. The van der Waals surface area contributed by atoms with Gasteiger partial charge in [-0.2, -0.15) is 0 Å². The van der Waals surface area contributed by atoms with Crippen molar-refractivity contribution in [1.82, 2.24) is 0 Å². The number of benzene rings is 1. The van der Waals surface area contributed by atoms with Crippen molar-refractivity contribution in [1.29, 1.82) is 0 Å². The van der Waals surface area contributed by atoms with Gasteiger partial charge in [0.1, 0.15) is 0 Å². The number of nitrogens with two attached hydrogens (primary N) is 1. The summed E-state index contributed by atoms with van der Waals surface area (Å²) in [4.78, 5) is 0. The molecular weight excluding hydrogens is 226 g/mol. The zero-order valence-electron chi connectivity index (χ0n) is 7.81. The molecule has 0 aromatic heterocycles. The van der Waals surface area contributed by atoms with Crippen molar-refractivity contribution >= 4 is 15.9 Å². The monoisotopic (exact) mass is 239 g/mol. The summed E-state index contributed by atoms with van der Waals surface area (Å²) in [7, 11) is 0. The minimum Gasteiger partial charge on any atom is -0.325 e. The average molecular weight is 240 g/mol. The molecule has 0 radical (unpaired) electrons. The number of fused-ring (bicyclic) bond motifs is 1. The SMILES string of the molecule is CC1(N)CCc2cc(Br)ccc2C1. The van der Waals surface area contributed by atoms with E-state index in [4.69, 9.17) is 5.73 Å². The highest BCUT2D eigenvalue weighted by Gasteiger charge is 2.25. The molecule has 0 saturated carbocycles. The summed E-state index contributed by atoms with van der Waals surface area (Å²) in [6, 6.07) is 6.49. The molecule has 0 amide bonds. The van der Waals surface area contributed by atoms with Crippen LogP contribution in [0.4, 0.5) is 0 Å². The lowest BCUT2D eigenvalue weighted by Gasteiger charge is -2.31. The topological polar surface area (TPSA) is 26.0 Å². The third-order valence-corrected chi connectivity index (χ3v) is 3.22. The molecule has 1 aromatic carbocycles. The van der Waals surface area contributed by atoms with Gasteiger partial charge in [0.15, 0.2) is 0 Å². The van der Waals surface area contributed by atoms with Crippen LogP contribution in [0, 0.1) is 0 Å². The Bertz CT molecular complexity index is 331. The van der Waals surface area contributed by atoms with Gasteiger partial charge in [-0.25, -0.2) is 0 Å². The number of halogens is 1. The fourth-order valence-electron chi connectivity index (χ4n) is 1.94. The van der Waals surface area contributed by atoms with E-state index in [-0.39, 0.29) is 5.54 Å². The molecule has 0 saturated heterocycles. The van der Waals surface area contributed by atoms with Crippen LogP contribution in [0.5, 0.6) is 0 Å². The zero-order chi connectivity index (χ0) is 9.47. The molecule has 1 atom stereocenters. The lowest BCUT2D eigenvalue weighted by molar-refractivity contribution is 0.409. The Labute approximate surface area is 87.5 Å². The van der Waals surface area contributed by atoms with Crippen molar-refractivity contribution in [2.45, 2.75) is 31.7 Å². The number of hydrogen-bond donors (Lipinski definition) is 1. The first kappa shape index (κ1) is 9.22. The molecule has 2 rings (SSSR count). The van der Waals surface area contributed by atoms with Gasteiger partial charge in [-0.15, -0.1) is 0 Å². The van der Waals surface area contributed by atoms with Gasteiger partial charge in [-0.1, -0.05) is 22.0 Å². The minimum absolute atomic E-state index is 0.000823. The van der Waals surface area contributed by atoms with E-state index >= 15 is 0 Å². The van der Waals surface area contributed by atoms with Crippen molar-refractivity contribution in [3.8, 4) is 0 Å². The molecule has 0 fully saturated rings. The average Bonchev–Trinajstić information content (AvgIpc) is 2.05. The van der Waals surface area contributed by atoms with Crippen molar-refractivity contribution < 1.29 is 0 Å². The van der Waals surface area contributed by atoms with Gasteiger partial charge in [0.2, 0.25) is 0 Å². The predicted molar refractivity (Wildman–Crippen MR) is 58.8 cm³/mol. The van der Waals surface area contributed by atoms with Crippen LogP contribution in [0.2, 0.25) is 0 Å². The lowest BCUT2D eigenvalue weighted by atomic mass is 9.80. The number of aryl methyl sites for hydroxylation is 1. The summed E-state index contributed by atoms with van der Waals surface area (Å²) >= 11 is 3.49. The van der Waals surface area contributed by atoms with Crippen LogP contribution in [0.1, 0.15) is 24.5 Å². The largest absolute Gasteiger partial charge is 0.325 e. The van der Waals surface area contributed by atoms with Crippen LogP contribution in [0.3, 0.4) is 0 Å². The van der Waals surface area contributed by atoms with Gasteiger partial charge in [-0.3, -0.25) is 0 Å². The maximum Gasteiger partial charge on any atom is 0.0178 e. The summed E-state index contributed by atoms with van der Waals surface area (Å²) < 4.78 is 1.17. The van der Waals surface area contributed by atoms with Gasteiger partial charge >= 0.3 is 0 Å². The Hall–Kier alpha value is -0.340. The first-order valence-electron chi connectivity index (χ1n) is 4.63. The molecule has 0 bridgehead atoms. The maximum absolute atomic E-state index is 6.12. The Morgan fingerprint density at radius 1 is 1.38 bits per heavy atom. The van der Waals surface area contributed by atoms with E-state index in [2.05, 4.69) is 41.1 Å². The third-order valence-electron chi connectivity index (χ3n) is 2.73. The molecule has 0 heterocycles. The second-order valence-corrected chi connectivity index (χ2v) is 5.16. The molecule has 0 aliphatic heterocycles. The molecule has 1 aromatic rings. The van der Waals surface area contributed by atoms with Crippen molar-refractivity contribution in [2.75, 3.05) is 0 Å². The molecule has 1 aliphatic carbocycles.